The maximum Gasteiger partial charge on any atom is 0.286 e. The van der Waals surface area contributed by atoms with Crippen LogP contribution in [0.2, 0.25) is 0 Å². The molecule has 1 amide bonds. The predicted molar refractivity (Wildman–Crippen MR) is 121 cm³/mol. The minimum absolute atomic E-state index is 0.184. The third-order valence-corrected chi connectivity index (χ3v) is 6.25. The number of benzene rings is 2. The van der Waals surface area contributed by atoms with Crippen LogP contribution in [-0.4, -0.2) is 61.3 Å². The van der Waals surface area contributed by atoms with Crippen molar-refractivity contribution in [3.8, 4) is 11.5 Å². The maximum absolute atomic E-state index is 12.4. The number of thioether (sulfide) groups is 1. The highest BCUT2D eigenvalue weighted by atomic mass is 32.2. The SMILES string of the molecule is COc1ccc(/C=C2\SC(N3CCN(Cc4ccccc4)CC3)=NC2=O)cc1OC. The molecule has 0 aliphatic carbocycles. The quantitative estimate of drug-likeness (QED) is 0.687. The van der Waals surface area contributed by atoms with E-state index < -0.39 is 0 Å². The highest BCUT2D eigenvalue weighted by Crippen LogP contribution is 2.33. The number of hydrogen-bond donors (Lipinski definition) is 0. The third kappa shape index (κ3) is 4.68. The lowest BCUT2D eigenvalue weighted by Crippen LogP contribution is -2.47. The van der Waals surface area contributed by atoms with Gasteiger partial charge in [0.05, 0.1) is 19.1 Å². The molecule has 0 unspecified atom stereocenters. The molecule has 1 saturated heterocycles. The lowest BCUT2D eigenvalue weighted by Gasteiger charge is -2.35. The summed E-state index contributed by atoms with van der Waals surface area (Å²) in [5, 5.41) is 0.797. The van der Waals surface area contributed by atoms with Gasteiger partial charge in [-0.15, -0.1) is 0 Å². The zero-order chi connectivity index (χ0) is 20.9. The number of carbonyl (C=O) groups is 1. The highest BCUT2D eigenvalue weighted by molar-refractivity contribution is 8.18. The number of amidine groups is 1. The Kier molecular flexibility index (Phi) is 6.40. The molecular weight excluding hydrogens is 398 g/mol. The molecule has 2 aromatic rings. The van der Waals surface area contributed by atoms with E-state index in [4.69, 9.17) is 9.47 Å². The summed E-state index contributed by atoms with van der Waals surface area (Å²) in [6.45, 7) is 4.61. The lowest BCUT2D eigenvalue weighted by atomic mass is 10.2. The lowest BCUT2D eigenvalue weighted by molar-refractivity contribution is -0.113. The number of nitrogens with zero attached hydrogens (tertiary/aromatic N) is 3. The van der Waals surface area contributed by atoms with E-state index in [9.17, 15) is 4.79 Å². The molecule has 30 heavy (non-hydrogen) atoms. The Labute approximate surface area is 181 Å². The molecule has 7 heteroatoms. The molecule has 2 aromatic carbocycles. The van der Waals surface area contributed by atoms with Gasteiger partial charge in [0.1, 0.15) is 0 Å². The minimum Gasteiger partial charge on any atom is -0.493 e. The number of carbonyl (C=O) groups excluding carboxylic acids is 1. The Balaban J connectivity index is 1.37. The van der Waals surface area contributed by atoms with Crippen molar-refractivity contribution in [3.63, 3.8) is 0 Å². The smallest absolute Gasteiger partial charge is 0.286 e. The van der Waals surface area contributed by atoms with E-state index in [0.29, 0.717) is 16.4 Å². The van der Waals surface area contributed by atoms with E-state index in [0.717, 1.165) is 43.5 Å². The van der Waals surface area contributed by atoms with Crippen LogP contribution in [0.15, 0.2) is 58.4 Å². The Hall–Kier alpha value is -2.77. The van der Waals surface area contributed by atoms with E-state index in [1.807, 2.05) is 30.3 Å². The molecule has 156 valence electrons. The third-order valence-electron chi connectivity index (χ3n) is 5.21. The van der Waals surface area contributed by atoms with E-state index in [1.54, 1.807) is 14.2 Å². The molecule has 4 rings (SSSR count). The number of hydrogen-bond acceptors (Lipinski definition) is 6. The summed E-state index contributed by atoms with van der Waals surface area (Å²) >= 11 is 1.45. The van der Waals surface area contributed by atoms with Crippen molar-refractivity contribution in [2.24, 2.45) is 4.99 Å². The molecule has 1 fully saturated rings. The highest BCUT2D eigenvalue weighted by Gasteiger charge is 2.28. The first kappa shape index (κ1) is 20.5. The topological polar surface area (TPSA) is 54.4 Å². The first-order valence-electron chi connectivity index (χ1n) is 9.92. The molecule has 0 atom stereocenters. The van der Waals surface area contributed by atoms with Crippen LogP contribution in [0.25, 0.3) is 6.08 Å². The van der Waals surface area contributed by atoms with Crippen LogP contribution < -0.4 is 9.47 Å². The molecule has 2 aliphatic rings. The van der Waals surface area contributed by atoms with E-state index in [-0.39, 0.29) is 5.91 Å². The fourth-order valence-electron chi connectivity index (χ4n) is 3.57. The largest absolute Gasteiger partial charge is 0.493 e. The van der Waals surface area contributed by atoms with Crippen molar-refractivity contribution in [2.45, 2.75) is 6.54 Å². The van der Waals surface area contributed by atoms with Gasteiger partial charge in [-0.25, -0.2) is 0 Å². The summed E-state index contributed by atoms with van der Waals surface area (Å²) in [6, 6.07) is 16.1. The summed E-state index contributed by atoms with van der Waals surface area (Å²) < 4.78 is 10.6. The van der Waals surface area contributed by atoms with Gasteiger partial charge in [0, 0.05) is 32.7 Å². The average Bonchev–Trinajstić information content (AvgIpc) is 3.15. The second-order valence-corrected chi connectivity index (χ2v) is 8.18. The molecule has 2 aliphatic heterocycles. The number of methoxy groups -OCH3 is 2. The molecular formula is C23H25N3O3S. The molecule has 0 bridgehead atoms. The fourth-order valence-corrected chi connectivity index (χ4v) is 4.53. The van der Waals surface area contributed by atoms with Gasteiger partial charge >= 0.3 is 0 Å². The molecule has 6 nitrogen and oxygen atoms in total. The van der Waals surface area contributed by atoms with Gasteiger partial charge in [-0.05, 0) is 41.1 Å². The Morgan fingerprint density at radius 3 is 2.43 bits per heavy atom. The monoisotopic (exact) mass is 423 g/mol. The number of piperazine rings is 1. The van der Waals surface area contributed by atoms with Crippen molar-refractivity contribution in [1.82, 2.24) is 9.80 Å². The summed E-state index contributed by atoms with van der Waals surface area (Å²) in [5.41, 5.74) is 2.21. The van der Waals surface area contributed by atoms with Crippen LogP contribution >= 0.6 is 11.8 Å². The fraction of sp³-hybridized carbons (Fsp3) is 0.304. The summed E-state index contributed by atoms with van der Waals surface area (Å²) in [5.74, 6) is 1.12. The molecule has 2 heterocycles. The number of ether oxygens (including phenoxy) is 2. The molecule has 0 saturated carbocycles. The molecule has 0 aromatic heterocycles. The van der Waals surface area contributed by atoms with Gasteiger partial charge in [-0.1, -0.05) is 36.4 Å². The maximum atomic E-state index is 12.4. The minimum atomic E-state index is -0.184. The van der Waals surface area contributed by atoms with Crippen LogP contribution in [0.3, 0.4) is 0 Å². The predicted octanol–water partition coefficient (Wildman–Crippen LogP) is 3.49. The number of rotatable bonds is 5. The van der Waals surface area contributed by atoms with Crippen molar-refractivity contribution >= 4 is 28.9 Å². The van der Waals surface area contributed by atoms with Gasteiger partial charge in [-0.2, -0.15) is 4.99 Å². The molecule has 0 radical (unpaired) electrons. The van der Waals surface area contributed by atoms with Crippen molar-refractivity contribution < 1.29 is 14.3 Å². The van der Waals surface area contributed by atoms with Crippen molar-refractivity contribution in [2.75, 3.05) is 40.4 Å². The molecule has 0 spiro atoms. The van der Waals surface area contributed by atoms with Gasteiger partial charge in [-0.3, -0.25) is 9.69 Å². The first-order chi connectivity index (χ1) is 14.7. The first-order valence-corrected chi connectivity index (χ1v) is 10.7. The van der Waals surface area contributed by atoms with E-state index >= 15 is 0 Å². The van der Waals surface area contributed by atoms with Crippen LogP contribution in [0.4, 0.5) is 0 Å². The normalized spacial score (nSPS) is 18.6. The molecule has 0 N–H and O–H groups in total. The van der Waals surface area contributed by atoms with Gasteiger partial charge in [0.15, 0.2) is 16.7 Å². The van der Waals surface area contributed by atoms with Gasteiger partial charge < -0.3 is 14.4 Å². The summed E-state index contributed by atoms with van der Waals surface area (Å²) in [6.07, 6.45) is 1.86. The zero-order valence-corrected chi connectivity index (χ0v) is 18.0. The van der Waals surface area contributed by atoms with Gasteiger partial charge in [0.2, 0.25) is 0 Å². The second kappa shape index (κ2) is 9.36. The van der Waals surface area contributed by atoms with E-state index in [1.165, 1.54) is 17.3 Å². The Bertz CT molecular complexity index is 967. The van der Waals surface area contributed by atoms with Crippen LogP contribution in [-0.2, 0) is 11.3 Å². The second-order valence-electron chi connectivity index (χ2n) is 7.17. The summed E-state index contributed by atoms with van der Waals surface area (Å²) in [4.78, 5) is 22.0. The van der Waals surface area contributed by atoms with Gasteiger partial charge in [0.25, 0.3) is 5.91 Å². The van der Waals surface area contributed by atoms with Crippen molar-refractivity contribution in [3.05, 3.63) is 64.6 Å². The Morgan fingerprint density at radius 1 is 1.00 bits per heavy atom. The summed E-state index contributed by atoms with van der Waals surface area (Å²) in [7, 11) is 3.20. The Morgan fingerprint density at radius 2 is 1.73 bits per heavy atom. The number of aliphatic imine (C=N–C) groups is 1. The van der Waals surface area contributed by atoms with Crippen LogP contribution in [0.5, 0.6) is 11.5 Å². The standard InChI is InChI=1S/C23H25N3O3S/c1-28-19-9-8-18(14-20(19)29-2)15-21-22(27)24-23(30-21)26-12-10-25(11-13-26)16-17-6-4-3-5-7-17/h3-9,14-15H,10-13,16H2,1-2H3/b21-15-. The number of amides is 1. The van der Waals surface area contributed by atoms with E-state index in [2.05, 4.69) is 39.1 Å². The van der Waals surface area contributed by atoms with Crippen molar-refractivity contribution in [1.29, 1.82) is 0 Å². The average molecular weight is 424 g/mol. The van der Waals surface area contributed by atoms with Crippen LogP contribution in [0.1, 0.15) is 11.1 Å². The zero-order valence-electron chi connectivity index (χ0n) is 17.2. The van der Waals surface area contributed by atoms with Crippen LogP contribution in [0, 0.1) is 0 Å².